The third-order valence-corrected chi connectivity index (χ3v) is 3.41. The maximum atomic E-state index is 6.04. The number of benzene rings is 1. The minimum Gasteiger partial charge on any atom is -0.494 e. The molecule has 0 aliphatic carbocycles. The molecule has 0 aliphatic heterocycles. The van der Waals surface area contributed by atoms with Crippen LogP contribution in [0.25, 0.3) is 10.9 Å². The molecule has 2 N–H and O–H groups in total. The third-order valence-electron chi connectivity index (χ3n) is 2.41. The first-order valence-electron chi connectivity index (χ1n) is 5.11. The predicted molar refractivity (Wildman–Crippen MR) is 69.8 cm³/mol. The average Bonchev–Trinajstić information content (AvgIpc) is 2.28. The van der Waals surface area contributed by atoms with E-state index < -0.39 is 0 Å². The SMILES string of the molecule is CCOc1ccc2nc(C)c(Br)c(N)c2c1. The van der Waals surface area contributed by atoms with E-state index in [1.807, 2.05) is 32.0 Å². The maximum absolute atomic E-state index is 6.04. The van der Waals surface area contributed by atoms with Crippen LogP contribution in [0.15, 0.2) is 22.7 Å². The van der Waals surface area contributed by atoms with Crippen LogP contribution in [0.1, 0.15) is 12.6 Å². The highest BCUT2D eigenvalue weighted by atomic mass is 79.9. The number of nitrogen functional groups attached to an aromatic ring is 1. The lowest BCUT2D eigenvalue weighted by Crippen LogP contribution is -1.96. The molecule has 0 aliphatic rings. The van der Waals surface area contributed by atoms with E-state index in [-0.39, 0.29) is 0 Å². The minimum absolute atomic E-state index is 0.645. The van der Waals surface area contributed by atoms with Gasteiger partial charge in [-0.3, -0.25) is 4.98 Å². The number of hydrogen-bond donors (Lipinski definition) is 1. The van der Waals surface area contributed by atoms with Crippen molar-refractivity contribution in [2.24, 2.45) is 0 Å². The number of halogens is 1. The first-order valence-corrected chi connectivity index (χ1v) is 5.91. The Morgan fingerprint density at radius 3 is 2.88 bits per heavy atom. The molecule has 4 heteroatoms. The zero-order chi connectivity index (χ0) is 11.7. The lowest BCUT2D eigenvalue weighted by Gasteiger charge is -2.09. The van der Waals surface area contributed by atoms with Gasteiger partial charge < -0.3 is 10.5 Å². The molecule has 3 nitrogen and oxygen atoms in total. The summed E-state index contributed by atoms with van der Waals surface area (Å²) in [4.78, 5) is 4.45. The van der Waals surface area contributed by atoms with E-state index in [1.165, 1.54) is 0 Å². The first kappa shape index (κ1) is 11.2. The van der Waals surface area contributed by atoms with E-state index >= 15 is 0 Å². The van der Waals surface area contributed by atoms with Crippen molar-refractivity contribution in [3.63, 3.8) is 0 Å². The molecule has 0 atom stereocenters. The molecule has 0 fully saturated rings. The Labute approximate surface area is 103 Å². The number of aromatic nitrogens is 1. The summed E-state index contributed by atoms with van der Waals surface area (Å²) in [7, 11) is 0. The van der Waals surface area contributed by atoms with E-state index in [0.29, 0.717) is 12.3 Å². The third kappa shape index (κ3) is 1.85. The van der Waals surface area contributed by atoms with Gasteiger partial charge in [0.05, 0.1) is 28.0 Å². The quantitative estimate of drug-likeness (QED) is 0.918. The van der Waals surface area contributed by atoms with Gasteiger partial charge in [-0.15, -0.1) is 0 Å². The second kappa shape index (κ2) is 4.29. The Balaban J connectivity index is 2.68. The van der Waals surface area contributed by atoms with Gasteiger partial charge in [-0.25, -0.2) is 0 Å². The second-order valence-electron chi connectivity index (χ2n) is 3.54. The van der Waals surface area contributed by atoms with Gasteiger partial charge >= 0.3 is 0 Å². The molecule has 0 spiro atoms. The summed E-state index contributed by atoms with van der Waals surface area (Å²) < 4.78 is 6.30. The van der Waals surface area contributed by atoms with Crippen LogP contribution in [0.2, 0.25) is 0 Å². The molecule has 0 bridgehead atoms. The predicted octanol–water partition coefficient (Wildman–Crippen LogP) is 3.29. The first-order chi connectivity index (χ1) is 7.63. The highest BCUT2D eigenvalue weighted by Crippen LogP contribution is 2.32. The number of rotatable bonds is 2. The molecule has 1 aromatic heterocycles. The van der Waals surface area contributed by atoms with Gasteiger partial charge in [-0.2, -0.15) is 0 Å². The van der Waals surface area contributed by atoms with E-state index in [1.54, 1.807) is 0 Å². The zero-order valence-electron chi connectivity index (χ0n) is 9.25. The van der Waals surface area contributed by atoms with Gasteiger partial charge in [-0.1, -0.05) is 0 Å². The van der Waals surface area contributed by atoms with Crippen LogP contribution >= 0.6 is 15.9 Å². The Morgan fingerprint density at radius 2 is 2.19 bits per heavy atom. The summed E-state index contributed by atoms with van der Waals surface area (Å²) in [6, 6.07) is 5.76. The number of hydrogen-bond acceptors (Lipinski definition) is 3. The molecule has 84 valence electrons. The zero-order valence-corrected chi connectivity index (χ0v) is 10.8. The Bertz CT molecular complexity index is 540. The number of aryl methyl sites for hydroxylation is 1. The summed E-state index contributed by atoms with van der Waals surface area (Å²) in [5.74, 6) is 0.819. The molecule has 0 unspecified atom stereocenters. The van der Waals surface area contributed by atoms with Crippen molar-refractivity contribution in [1.29, 1.82) is 0 Å². The summed E-state index contributed by atoms with van der Waals surface area (Å²) in [6.45, 7) is 4.53. The number of anilines is 1. The van der Waals surface area contributed by atoms with Crippen LogP contribution in [0.3, 0.4) is 0 Å². The number of ether oxygens (including phenoxy) is 1. The van der Waals surface area contributed by atoms with Crippen LogP contribution in [-0.4, -0.2) is 11.6 Å². The molecule has 0 radical (unpaired) electrons. The van der Waals surface area contributed by atoms with Crippen molar-refractivity contribution < 1.29 is 4.74 Å². The van der Waals surface area contributed by atoms with Crippen LogP contribution in [0.5, 0.6) is 5.75 Å². The lowest BCUT2D eigenvalue weighted by atomic mass is 10.1. The molecule has 1 heterocycles. The second-order valence-corrected chi connectivity index (χ2v) is 4.33. The Kier molecular flexibility index (Phi) is 3.01. The number of nitrogens with two attached hydrogens (primary N) is 1. The molecular weight excluding hydrogens is 268 g/mol. The van der Waals surface area contributed by atoms with E-state index in [0.717, 1.165) is 26.8 Å². The largest absolute Gasteiger partial charge is 0.494 e. The van der Waals surface area contributed by atoms with E-state index in [2.05, 4.69) is 20.9 Å². The molecule has 1 aromatic carbocycles. The molecule has 16 heavy (non-hydrogen) atoms. The van der Waals surface area contributed by atoms with Crippen LogP contribution in [0, 0.1) is 6.92 Å². The lowest BCUT2D eigenvalue weighted by molar-refractivity contribution is 0.340. The highest BCUT2D eigenvalue weighted by molar-refractivity contribution is 9.10. The van der Waals surface area contributed by atoms with Gasteiger partial charge in [0.2, 0.25) is 0 Å². The normalized spacial score (nSPS) is 10.7. The Hall–Kier alpha value is -1.29. The number of nitrogens with zero attached hydrogens (tertiary/aromatic N) is 1. The summed E-state index contributed by atoms with van der Waals surface area (Å²) in [5, 5.41) is 0.920. The van der Waals surface area contributed by atoms with E-state index in [4.69, 9.17) is 10.5 Å². The van der Waals surface area contributed by atoms with Crippen molar-refractivity contribution in [3.05, 3.63) is 28.4 Å². The topological polar surface area (TPSA) is 48.1 Å². The van der Waals surface area contributed by atoms with E-state index in [9.17, 15) is 0 Å². The van der Waals surface area contributed by atoms with Crippen molar-refractivity contribution in [3.8, 4) is 5.75 Å². The summed E-state index contributed by atoms with van der Waals surface area (Å²) in [5.41, 5.74) is 8.54. The standard InChI is InChI=1S/C12H13BrN2O/c1-3-16-8-4-5-10-9(6-8)12(14)11(13)7(2)15-10/h4-6H,3H2,1-2H3,(H2,14,15). The van der Waals surface area contributed by atoms with Gasteiger partial charge in [0.25, 0.3) is 0 Å². The fraction of sp³-hybridized carbons (Fsp3) is 0.250. The Morgan fingerprint density at radius 1 is 1.44 bits per heavy atom. The molecule has 0 saturated carbocycles. The highest BCUT2D eigenvalue weighted by Gasteiger charge is 2.08. The van der Waals surface area contributed by atoms with Crippen molar-refractivity contribution >= 4 is 32.5 Å². The fourth-order valence-corrected chi connectivity index (χ4v) is 1.93. The van der Waals surface area contributed by atoms with Crippen LogP contribution in [0.4, 0.5) is 5.69 Å². The van der Waals surface area contributed by atoms with Gasteiger partial charge in [0.15, 0.2) is 0 Å². The van der Waals surface area contributed by atoms with Crippen LogP contribution in [-0.2, 0) is 0 Å². The van der Waals surface area contributed by atoms with Gasteiger partial charge in [0, 0.05) is 5.39 Å². The van der Waals surface area contributed by atoms with Gasteiger partial charge in [0.1, 0.15) is 5.75 Å². The van der Waals surface area contributed by atoms with Crippen molar-refractivity contribution in [2.75, 3.05) is 12.3 Å². The maximum Gasteiger partial charge on any atom is 0.120 e. The van der Waals surface area contributed by atoms with Crippen LogP contribution < -0.4 is 10.5 Å². The minimum atomic E-state index is 0.645. The molecular formula is C12H13BrN2O. The number of pyridine rings is 1. The summed E-state index contributed by atoms with van der Waals surface area (Å²) >= 11 is 3.44. The van der Waals surface area contributed by atoms with Gasteiger partial charge in [-0.05, 0) is 48.0 Å². The van der Waals surface area contributed by atoms with Crippen molar-refractivity contribution in [1.82, 2.24) is 4.98 Å². The summed E-state index contributed by atoms with van der Waals surface area (Å²) in [6.07, 6.45) is 0. The molecule has 0 amide bonds. The molecule has 2 aromatic rings. The molecule has 2 rings (SSSR count). The monoisotopic (exact) mass is 280 g/mol. The molecule has 0 saturated heterocycles. The fourth-order valence-electron chi connectivity index (χ4n) is 1.63. The number of fused-ring (bicyclic) bond motifs is 1. The van der Waals surface area contributed by atoms with Crippen molar-refractivity contribution in [2.45, 2.75) is 13.8 Å². The average molecular weight is 281 g/mol. The smallest absolute Gasteiger partial charge is 0.120 e.